The number of nitrogens with zero attached hydrogens (tertiary/aromatic N) is 1. The van der Waals surface area contributed by atoms with Gasteiger partial charge in [-0.3, -0.25) is 0 Å². The van der Waals surface area contributed by atoms with Gasteiger partial charge in [0.2, 0.25) is 0 Å². The molecule has 0 saturated heterocycles. The van der Waals surface area contributed by atoms with Crippen LogP contribution in [0, 0.1) is 0 Å². The number of aromatic nitrogens is 1. The number of hydrogen-bond donors (Lipinski definition) is 0. The molecule has 0 atom stereocenters. The summed E-state index contributed by atoms with van der Waals surface area (Å²) in [5, 5.41) is 4.96. The molecule has 0 unspecified atom stereocenters. The van der Waals surface area contributed by atoms with Gasteiger partial charge in [0.25, 0.3) is 0 Å². The molecule has 3 nitrogen and oxygen atoms in total. The summed E-state index contributed by atoms with van der Waals surface area (Å²) in [5.41, 5.74) is 11.8. The van der Waals surface area contributed by atoms with Crippen LogP contribution in [0.15, 0.2) is 200 Å². The van der Waals surface area contributed by atoms with Gasteiger partial charge in [0.15, 0.2) is 0 Å². The molecule has 0 amide bonds. The Morgan fingerprint density at radius 3 is 1.53 bits per heavy atom. The Kier molecular flexibility index (Phi) is 7.40. The van der Waals surface area contributed by atoms with E-state index in [0.717, 1.165) is 73.1 Å². The average molecular weight is 760 g/mol. The van der Waals surface area contributed by atoms with Gasteiger partial charge in [0, 0.05) is 58.9 Å². The van der Waals surface area contributed by atoms with Crippen LogP contribution in [0.2, 0.25) is 0 Å². The molecule has 9 aromatic carbocycles. The zero-order valence-corrected chi connectivity index (χ0v) is 32.0. The summed E-state index contributed by atoms with van der Waals surface area (Å²) < 4.78 is 19.1. The maximum Gasteiger partial charge on any atom is 0.136 e. The van der Waals surface area contributed by atoms with Crippen LogP contribution in [0.5, 0.6) is 23.0 Å². The Labute approximate surface area is 339 Å². The summed E-state index contributed by atoms with van der Waals surface area (Å²) in [4.78, 5) is 0. The molecule has 1 aliphatic heterocycles. The average Bonchev–Trinajstić information content (AvgIpc) is 3.83. The SMILES string of the molecule is c1ccc(-n2c3ccccc3c3c(-c4ccc5c(c4)Oc4ccccc4-c4ccccc4Oc4cc(-c6cccc7sc8ccccc8c67)ccc4-5)cccc32)cc1. The van der Waals surface area contributed by atoms with Gasteiger partial charge in [-0.05, 0) is 95.1 Å². The summed E-state index contributed by atoms with van der Waals surface area (Å²) in [6.07, 6.45) is 0. The van der Waals surface area contributed by atoms with Crippen molar-refractivity contribution in [1.82, 2.24) is 4.57 Å². The summed E-state index contributed by atoms with van der Waals surface area (Å²) >= 11 is 1.84. The third kappa shape index (κ3) is 5.12. The Hall–Kier alpha value is -7.40. The summed E-state index contributed by atoms with van der Waals surface area (Å²) in [6.45, 7) is 0. The van der Waals surface area contributed by atoms with Gasteiger partial charge in [-0.1, -0.05) is 127 Å². The molecular weight excluding hydrogens is 727 g/mol. The second-order valence-corrected chi connectivity index (χ2v) is 15.9. The van der Waals surface area contributed by atoms with E-state index in [1.807, 2.05) is 35.6 Å². The maximum absolute atomic E-state index is 7.12. The lowest BCUT2D eigenvalue weighted by Gasteiger charge is -2.22. The molecule has 12 rings (SSSR count). The number of benzene rings is 9. The minimum absolute atomic E-state index is 0.761. The number of rotatable bonds is 3. The highest BCUT2D eigenvalue weighted by Gasteiger charge is 2.23. The summed E-state index contributed by atoms with van der Waals surface area (Å²) in [7, 11) is 0. The lowest BCUT2D eigenvalue weighted by Crippen LogP contribution is -1.98. The molecule has 0 fully saturated rings. The van der Waals surface area contributed by atoms with Crippen molar-refractivity contribution in [3.8, 4) is 73.2 Å². The molecule has 0 saturated carbocycles. The van der Waals surface area contributed by atoms with Crippen LogP contribution in [0.25, 0.3) is 92.2 Å². The summed E-state index contributed by atoms with van der Waals surface area (Å²) in [5.74, 6) is 3.08. The first-order valence-electron chi connectivity index (χ1n) is 19.6. The van der Waals surface area contributed by atoms with Crippen molar-refractivity contribution in [2.45, 2.75) is 0 Å². The van der Waals surface area contributed by atoms with Crippen LogP contribution in [-0.2, 0) is 0 Å². The third-order valence-electron chi connectivity index (χ3n) is 11.5. The van der Waals surface area contributed by atoms with Crippen molar-refractivity contribution >= 4 is 53.3 Å². The molecule has 272 valence electrons. The molecule has 3 heterocycles. The van der Waals surface area contributed by atoms with Crippen LogP contribution >= 0.6 is 11.3 Å². The van der Waals surface area contributed by atoms with Crippen LogP contribution in [0.1, 0.15) is 0 Å². The Morgan fingerprint density at radius 1 is 0.328 bits per heavy atom. The highest BCUT2D eigenvalue weighted by Crippen LogP contribution is 2.50. The standard InChI is InChI=1S/C54H33NO2S/c1-2-14-36(15-3-1)55-45-22-8-4-18-43(45)53-37(20-12-23-46(53)55)34-28-30-41-42-31-29-35(38-21-13-27-52-54(38)44-19-7-11-26-51(44)58-52)33-50(42)57-48-25-10-6-17-40(48)39-16-5-9-24-47(39)56-49(41)32-34/h1-33H. The van der Waals surface area contributed by atoms with E-state index < -0.39 is 0 Å². The van der Waals surface area contributed by atoms with Gasteiger partial charge >= 0.3 is 0 Å². The second-order valence-electron chi connectivity index (χ2n) is 14.8. The van der Waals surface area contributed by atoms with E-state index in [0.29, 0.717) is 0 Å². The van der Waals surface area contributed by atoms with E-state index >= 15 is 0 Å². The van der Waals surface area contributed by atoms with Gasteiger partial charge in [-0.15, -0.1) is 11.3 Å². The zero-order valence-electron chi connectivity index (χ0n) is 31.2. The molecule has 2 aromatic heterocycles. The van der Waals surface area contributed by atoms with Crippen molar-refractivity contribution in [2.75, 3.05) is 0 Å². The van der Waals surface area contributed by atoms with Crippen molar-refractivity contribution in [1.29, 1.82) is 0 Å². The first-order chi connectivity index (χ1) is 28.8. The monoisotopic (exact) mass is 759 g/mol. The first-order valence-corrected chi connectivity index (χ1v) is 20.4. The normalized spacial score (nSPS) is 12.1. The maximum atomic E-state index is 7.12. The van der Waals surface area contributed by atoms with Crippen molar-refractivity contribution < 1.29 is 9.47 Å². The Balaban J connectivity index is 1.09. The molecule has 0 bridgehead atoms. The Morgan fingerprint density at radius 2 is 0.828 bits per heavy atom. The van der Waals surface area contributed by atoms with Gasteiger partial charge in [-0.25, -0.2) is 0 Å². The Bertz CT molecular complexity index is 3410. The highest BCUT2D eigenvalue weighted by atomic mass is 32.1. The van der Waals surface area contributed by atoms with E-state index in [4.69, 9.17) is 9.47 Å². The smallest absolute Gasteiger partial charge is 0.136 e. The number of para-hydroxylation sites is 4. The number of fused-ring (bicyclic) bond motifs is 12. The first kappa shape index (κ1) is 32.8. The molecule has 1 aliphatic rings. The number of ether oxygens (including phenoxy) is 2. The molecular formula is C54H33NO2S. The third-order valence-corrected chi connectivity index (χ3v) is 12.6. The largest absolute Gasteiger partial charge is 0.456 e. The fourth-order valence-electron chi connectivity index (χ4n) is 8.92. The molecule has 0 N–H and O–H groups in total. The van der Waals surface area contributed by atoms with Crippen molar-refractivity contribution in [3.05, 3.63) is 200 Å². The topological polar surface area (TPSA) is 23.4 Å². The predicted molar refractivity (Wildman–Crippen MR) is 242 cm³/mol. The van der Waals surface area contributed by atoms with E-state index in [2.05, 4.69) is 180 Å². The lowest BCUT2D eigenvalue weighted by atomic mass is 9.93. The molecule has 11 aromatic rings. The minimum Gasteiger partial charge on any atom is -0.456 e. The highest BCUT2D eigenvalue weighted by molar-refractivity contribution is 7.25. The van der Waals surface area contributed by atoms with Crippen molar-refractivity contribution in [2.24, 2.45) is 0 Å². The minimum atomic E-state index is 0.761. The van der Waals surface area contributed by atoms with E-state index in [1.165, 1.54) is 42.0 Å². The molecule has 0 spiro atoms. The number of thiophene rings is 1. The van der Waals surface area contributed by atoms with Crippen LogP contribution in [-0.4, -0.2) is 4.57 Å². The zero-order chi connectivity index (χ0) is 38.2. The molecule has 4 heteroatoms. The van der Waals surface area contributed by atoms with Gasteiger partial charge in [0.1, 0.15) is 23.0 Å². The summed E-state index contributed by atoms with van der Waals surface area (Å²) in [6, 6.07) is 71.0. The van der Waals surface area contributed by atoms with Gasteiger partial charge in [0.05, 0.1) is 11.0 Å². The predicted octanol–water partition coefficient (Wildman–Crippen LogP) is 15.7. The molecule has 58 heavy (non-hydrogen) atoms. The lowest BCUT2D eigenvalue weighted by molar-refractivity contribution is 0.472. The van der Waals surface area contributed by atoms with Crippen LogP contribution in [0.4, 0.5) is 0 Å². The van der Waals surface area contributed by atoms with E-state index in [-0.39, 0.29) is 0 Å². The molecule has 0 radical (unpaired) electrons. The van der Waals surface area contributed by atoms with Crippen LogP contribution < -0.4 is 9.47 Å². The quantitative estimate of drug-likeness (QED) is 0.179. The van der Waals surface area contributed by atoms with Gasteiger partial charge in [-0.2, -0.15) is 0 Å². The second kappa shape index (κ2) is 13.1. The van der Waals surface area contributed by atoms with Crippen molar-refractivity contribution in [3.63, 3.8) is 0 Å². The van der Waals surface area contributed by atoms with Gasteiger partial charge < -0.3 is 14.0 Å². The fraction of sp³-hybridized carbons (Fsp3) is 0. The van der Waals surface area contributed by atoms with E-state index in [1.54, 1.807) is 0 Å². The molecule has 0 aliphatic carbocycles. The fourth-order valence-corrected chi connectivity index (χ4v) is 10.0. The van der Waals surface area contributed by atoms with Crippen LogP contribution in [0.3, 0.4) is 0 Å². The van der Waals surface area contributed by atoms with E-state index in [9.17, 15) is 0 Å². The number of hydrogen-bond acceptors (Lipinski definition) is 3.